The Balaban J connectivity index is 2.44. The maximum absolute atomic E-state index is 11.7. The van der Waals surface area contributed by atoms with Gasteiger partial charge in [-0.25, -0.2) is 4.79 Å². The first-order valence-electron chi connectivity index (χ1n) is 6.57. The summed E-state index contributed by atoms with van der Waals surface area (Å²) in [5, 5.41) is 2.69. The number of nitrogens with one attached hydrogen (secondary N) is 1. The van der Waals surface area contributed by atoms with Crippen molar-refractivity contribution >= 4 is 12.1 Å². The summed E-state index contributed by atoms with van der Waals surface area (Å²) in [6, 6.07) is 9.11. The van der Waals surface area contributed by atoms with Crippen LogP contribution in [0.2, 0.25) is 0 Å². The summed E-state index contributed by atoms with van der Waals surface area (Å²) in [5.74, 6) is -0.245. The lowest BCUT2D eigenvalue weighted by Crippen LogP contribution is -2.40. The predicted molar refractivity (Wildman–Crippen MR) is 75.0 cm³/mol. The van der Waals surface area contributed by atoms with Crippen LogP contribution in [0.15, 0.2) is 30.3 Å². The number of carbonyl (C=O) groups excluding carboxylic acids is 2. The molecule has 20 heavy (non-hydrogen) atoms. The van der Waals surface area contributed by atoms with Gasteiger partial charge in [-0.1, -0.05) is 44.2 Å². The summed E-state index contributed by atoms with van der Waals surface area (Å²) < 4.78 is 9.73. The van der Waals surface area contributed by atoms with Crippen molar-refractivity contribution in [2.45, 2.75) is 32.9 Å². The molecule has 1 unspecified atom stereocenters. The molecular weight excluding hydrogens is 258 g/mol. The molecule has 5 heteroatoms. The summed E-state index contributed by atoms with van der Waals surface area (Å²) in [5.41, 5.74) is 0.914. The molecule has 0 radical (unpaired) electrons. The van der Waals surface area contributed by atoms with Crippen LogP contribution >= 0.6 is 0 Å². The highest BCUT2D eigenvalue weighted by Crippen LogP contribution is 2.08. The Morgan fingerprint density at radius 3 is 2.40 bits per heavy atom. The number of ether oxygens (including phenoxy) is 2. The van der Waals surface area contributed by atoms with Crippen molar-refractivity contribution in [2.75, 3.05) is 7.11 Å². The molecule has 0 aliphatic carbocycles. The lowest BCUT2D eigenvalue weighted by molar-refractivity contribution is -0.141. The molecule has 0 saturated heterocycles. The highest BCUT2D eigenvalue weighted by Gasteiger charge is 2.20. The average molecular weight is 279 g/mol. The molecule has 1 aromatic rings. The number of benzene rings is 1. The molecule has 0 aliphatic rings. The number of rotatable bonds is 6. The monoisotopic (exact) mass is 279 g/mol. The Labute approximate surface area is 119 Å². The lowest BCUT2D eigenvalue weighted by Gasteiger charge is -2.20. The second kappa shape index (κ2) is 8.19. The molecule has 0 aliphatic heterocycles. The van der Waals surface area contributed by atoms with E-state index in [9.17, 15) is 9.59 Å². The number of hydrogen-bond acceptors (Lipinski definition) is 4. The van der Waals surface area contributed by atoms with Gasteiger partial charge in [0, 0.05) is 6.04 Å². The van der Waals surface area contributed by atoms with Gasteiger partial charge in [-0.05, 0) is 11.5 Å². The molecular formula is C15H21NO4. The Kier molecular flexibility index (Phi) is 6.56. The van der Waals surface area contributed by atoms with Gasteiger partial charge in [-0.2, -0.15) is 0 Å². The normalized spacial score (nSPS) is 11.8. The SMILES string of the molecule is COC(=O)CC(NC(=O)OCc1ccccc1)C(C)C. The van der Waals surface area contributed by atoms with Gasteiger partial charge in [-0.3, -0.25) is 4.79 Å². The fourth-order valence-electron chi connectivity index (χ4n) is 1.63. The van der Waals surface area contributed by atoms with Crippen LogP contribution in [0.1, 0.15) is 25.8 Å². The van der Waals surface area contributed by atoms with E-state index in [1.165, 1.54) is 7.11 Å². The van der Waals surface area contributed by atoms with Crippen molar-refractivity contribution in [1.82, 2.24) is 5.32 Å². The standard InChI is InChI=1S/C15H21NO4/c1-11(2)13(9-14(17)19-3)16-15(18)20-10-12-7-5-4-6-8-12/h4-8,11,13H,9-10H2,1-3H3,(H,16,18). The highest BCUT2D eigenvalue weighted by atomic mass is 16.5. The zero-order chi connectivity index (χ0) is 15.0. The van der Waals surface area contributed by atoms with Crippen LogP contribution in [0.25, 0.3) is 0 Å². The molecule has 1 amide bonds. The van der Waals surface area contributed by atoms with Gasteiger partial charge in [-0.15, -0.1) is 0 Å². The third-order valence-electron chi connectivity index (χ3n) is 2.93. The van der Waals surface area contributed by atoms with Crippen LogP contribution in [-0.4, -0.2) is 25.2 Å². The largest absolute Gasteiger partial charge is 0.469 e. The van der Waals surface area contributed by atoms with Gasteiger partial charge in [0.2, 0.25) is 0 Å². The maximum Gasteiger partial charge on any atom is 0.407 e. The summed E-state index contributed by atoms with van der Waals surface area (Å²) in [7, 11) is 1.33. The van der Waals surface area contributed by atoms with Crippen LogP contribution < -0.4 is 5.32 Å². The lowest BCUT2D eigenvalue weighted by atomic mass is 10.0. The van der Waals surface area contributed by atoms with Crippen LogP contribution in [0.4, 0.5) is 4.79 Å². The first-order valence-corrected chi connectivity index (χ1v) is 6.57. The summed E-state index contributed by atoms with van der Waals surface area (Å²) >= 11 is 0. The van der Waals surface area contributed by atoms with Gasteiger partial charge in [0.15, 0.2) is 0 Å². The van der Waals surface area contributed by atoms with Gasteiger partial charge < -0.3 is 14.8 Å². The number of carbonyl (C=O) groups is 2. The van der Waals surface area contributed by atoms with E-state index < -0.39 is 6.09 Å². The van der Waals surface area contributed by atoms with E-state index in [2.05, 4.69) is 10.1 Å². The van der Waals surface area contributed by atoms with Crippen LogP contribution in [0.5, 0.6) is 0 Å². The molecule has 1 atom stereocenters. The predicted octanol–water partition coefficient (Wildman–Crippen LogP) is 2.50. The third-order valence-corrected chi connectivity index (χ3v) is 2.93. The van der Waals surface area contributed by atoms with Crippen molar-refractivity contribution in [3.05, 3.63) is 35.9 Å². The fourth-order valence-corrected chi connectivity index (χ4v) is 1.63. The zero-order valence-corrected chi connectivity index (χ0v) is 12.1. The van der Waals surface area contributed by atoms with Crippen molar-refractivity contribution in [3.8, 4) is 0 Å². The van der Waals surface area contributed by atoms with Gasteiger partial charge in [0.1, 0.15) is 6.61 Å². The van der Waals surface area contributed by atoms with Gasteiger partial charge >= 0.3 is 12.1 Å². The number of esters is 1. The Morgan fingerprint density at radius 1 is 1.20 bits per heavy atom. The zero-order valence-electron chi connectivity index (χ0n) is 12.1. The quantitative estimate of drug-likeness (QED) is 0.813. The minimum Gasteiger partial charge on any atom is -0.469 e. The first kappa shape index (κ1) is 16.0. The molecule has 0 bridgehead atoms. The minimum atomic E-state index is -0.531. The molecule has 0 aromatic heterocycles. The Morgan fingerprint density at radius 2 is 1.85 bits per heavy atom. The van der Waals surface area contributed by atoms with Crippen LogP contribution in [0, 0.1) is 5.92 Å². The number of amides is 1. The molecule has 0 saturated carbocycles. The summed E-state index contributed by atoms with van der Waals surface area (Å²) in [4.78, 5) is 23.0. The molecule has 1 N–H and O–H groups in total. The molecule has 5 nitrogen and oxygen atoms in total. The van der Waals surface area contributed by atoms with E-state index in [0.29, 0.717) is 0 Å². The van der Waals surface area contributed by atoms with Gasteiger partial charge in [0.05, 0.1) is 13.5 Å². The Bertz CT molecular complexity index is 431. The van der Waals surface area contributed by atoms with E-state index in [1.54, 1.807) is 0 Å². The second-order valence-electron chi connectivity index (χ2n) is 4.84. The minimum absolute atomic E-state index is 0.110. The van der Waals surface area contributed by atoms with E-state index in [0.717, 1.165) is 5.56 Å². The summed E-state index contributed by atoms with van der Waals surface area (Å²) in [6.07, 6.45) is -0.398. The number of hydrogen-bond donors (Lipinski definition) is 1. The van der Waals surface area contributed by atoms with Crippen LogP contribution in [0.3, 0.4) is 0 Å². The van der Waals surface area contributed by atoms with Crippen molar-refractivity contribution in [2.24, 2.45) is 5.92 Å². The maximum atomic E-state index is 11.7. The summed E-state index contributed by atoms with van der Waals surface area (Å²) in [6.45, 7) is 4.05. The third kappa shape index (κ3) is 5.73. The molecule has 1 rings (SSSR count). The molecule has 0 spiro atoms. The molecule has 0 heterocycles. The van der Waals surface area contributed by atoms with Crippen LogP contribution in [-0.2, 0) is 20.9 Å². The van der Waals surface area contributed by atoms with Crippen molar-refractivity contribution in [3.63, 3.8) is 0 Å². The van der Waals surface area contributed by atoms with Crippen molar-refractivity contribution < 1.29 is 19.1 Å². The highest BCUT2D eigenvalue weighted by molar-refractivity contribution is 5.72. The van der Waals surface area contributed by atoms with Gasteiger partial charge in [0.25, 0.3) is 0 Å². The second-order valence-corrected chi connectivity index (χ2v) is 4.84. The van der Waals surface area contributed by atoms with E-state index in [-0.39, 0.29) is 31.0 Å². The topological polar surface area (TPSA) is 64.6 Å². The Hall–Kier alpha value is -2.04. The van der Waals surface area contributed by atoms with E-state index >= 15 is 0 Å². The molecule has 110 valence electrons. The fraction of sp³-hybridized carbons (Fsp3) is 0.467. The average Bonchev–Trinajstić information content (AvgIpc) is 2.45. The van der Waals surface area contributed by atoms with Crippen molar-refractivity contribution in [1.29, 1.82) is 0 Å². The first-order chi connectivity index (χ1) is 9.52. The number of methoxy groups -OCH3 is 1. The molecule has 1 aromatic carbocycles. The smallest absolute Gasteiger partial charge is 0.407 e. The van der Waals surface area contributed by atoms with E-state index in [4.69, 9.17) is 4.74 Å². The van der Waals surface area contributed by atoms with E-state index in [1.807, 2.05) is 44.2 Å². The molecule has 0 fully saturated rings. The number of alkyl carbamates (subject to hydrolysis) is 1.